The number of likely N-dealkylation sites (tertiary alicyclic amines) is 1. The number of hydrogen-bond donors (Lipinski definition) is 1. The number of carbonyl (C=O) groups is 4. The van der Waals surface area contributed by atoms with E-state index in [4.69, 9.17) is 16.3 Å². The summed E-state index contributed by atoms with van der Waals surface area (Å²) in [4.78, 5) is 53.0. The topological polar surface area (TPSA) is 92.8 Å². The lowest BCUT2D eigenvalue weighted by molar-refractivity contribution is -0.159. The molecule has 0 aromatic heterocycles. The number of amides is 3. The third-order valence-corrected chi connectivity index (χ3v) is 7.73. The predicted octanol–water partition coefficient (Wildman–Crippen LogP) is 4.46. The first-order valence-electron chi connectivity index (χ1n) is 11.2. The Kier molecular flexibility index (Phi) is 7.72. The van der Waals surface area contributed by atoms with Crippen molar-refractivity contribution in [1.82, 2.24) is 4.90 Å². The molecular weight excluding hydrogens is 536 g/mol. The summed E-state index contributed by atoms with van der Waals surface area (Å²) in [6, 6.07) is 11.3. The minimum absolute atomic E-state index is 0.104. The summed E-state index contributed by atoms with van der Waals surface area (Å²) < 4.78 is 6.01. The first-order valence-corrected chi connectivity index (χ1v) is 12.4. The third-order valence-electron chi connectivity index (χ3n) is 6.36. The Bertz CT molecular complexity index is 1170. The van der Waals surface area contributed by atoms with Gasteiger partial charge in [0.05, 0.1) is 16.9 Å². The van der Waals surface area contributed by atoms with Crippen molar-refractivity contribution in [2.45, 2.75) is 32.2 Å². The summed E-state index contributed by atoms with van der Waals surface area (Å²) in [5.41, 5.74) is 1.92. The van der Waals surface area contributed by atoms with Crippen LogP contribution in [0.15, 0.2) is 59.1 Å². The van der Waals surface area contributed by atoms with E-state index >= 15 is 0 Å². The average molecular weight is 560 g/mol. The van der Waals surface area contributed by atoms with Crippen LogP contribution in [0.2, 0.25) is 5.02 Å². The molecule has 0 unspecified atom stereocenters. The van der Waals surface area contributed by atoms with E-state index in [1.165, 1.54) is 0 Å². The van der Waals surface area contributed by atoms with Gasteiger partial charge in [0.2, 0.25) is 11.8 Å². The van der Waals surface area contributed by atoms with E-state index in [0.717, 1.165) is 10.5 Å². The number of halogens is 2. The van der Waals surface area contributed by atoms with E-state index in [-0.39, 0.29) is 18.2 Å². The zero-order valence-electron chi connectivity index (χ0n) is 19.0. The molecule has 3 atom stereocenters. The Balaban J connectivity index is 1.49. The first-order chi connectivity index (χ1) is 16.8. The molecule has 1 fully saturated rings. The Hall–Kier alpha value is -2.97. The normalized spacial score (nSPS) is 19.9. The Morgan fingerprint density at radius 3 is 2.34 bits per heavy atom. The van der Waals surface area contributed by atoms with Crippen LogP contribution in [0.3, 0.4) is 0 Å². The number of nitrogens with zero attached hydrogens (tertiary/aromatic N) is 1. The van der Waals surface area contributed by atoms with Crippen molar-refractivity contribution < 1.29 is 23.9 Å². The maximum Gasteiger partial charge on any atom is 0.330 e. The van der Waals surface area contributed by atoms with Crippen LogP contribution in [0.1, 0.15) is 24.0 Å². The smallest absolute Gasteiger partial charge is 0.330 e. The SMILES string of the molecule is Cc1c(NC(=O)COC(=O)[C@H](Cc2ccccc2)N2C(=O)[C@H]3CC=CC[C@H]3C2=O)ccc(Br)c1Cl. The summed E-state index contributed by atoms with van der Waals surface area (Å²) in [6.07, 6.45) is 4.82. The molecule has 1 N–H and O–H groups in total. The fraction of sp³-hybridized carbons (Fsp3) is 0.308. The molecule has 9 heteroatoms. The zero-order chi connectivity index (χ0) is 25.1. The molecule has 3 amide bonds. The van der Waals surface area contributed by atoms with Crippen molar-refractivity contribution in [3.8, 4) is 0 Å². The van der Waals surface area contributed by atoms with Gasteiger partial charge in [0, 0.05) is 16.6 Å². The standard InChI is InChI=1S/C26H24BrClN2O5/c1-15-20(12-11-19(27)23(15)28)29-22(31)14-35-26(34)21(13-16-7-3-2-4-8-16)30-24(32)17-9-5-6-10-18(17)25(30)33/h2-8,11-12,17-18,21H,9-10,13-14H2,1H3,(H,29,31)/t17-,18+,21-/m0/s1. The molecule has 4 rings (SSSR count). The van der Waals surface area contributed by atoms with E-state index in [1.54, 1.807) is 19.1 Å². The number of hydrogen-bond acceptors (Lipinski definition) is 5. The molecule has 2 aliphatic rings. The van der Waals surface area contributed by atoms with Crippen LogP contribution in [0.4, 0.5) is 5.69 Å². The number of allylic oxidation sites excluding steroid dienone is 2. The molecular formula is C26H24BrClN2O5. The molecule has 1 aliphatic heterocycles. The van der Waals surface area contributed by atoms with Crippen LogP contribution in [0.5, 0.6) is 0 Å². The van der Waals surface area contributed by atoms with Crippen LogP contribution in [0, 0.1) is 18.8 Å². The number of rotatable bonds is 7. The second-order valence-corrected chi connectivity index (χ2v) is 9.83. The lowest BCUT2D eigenvalue weighted by Gasteiger charge is -2.25. The molecule has 0 spiro atoms. The van der Waals surface area contributed by atoms with Gasteiger partial charge in [-0.1, -0.05) is 54.1 Å². The zero-order valence-corrected chi connectivity index (χ0v) is 21.3. The lowest BCUT2D eigenvalue weighted by Crippen LogP contribution is -2.48. The minimum Gasteiger partial charge on any atom is -0.454 e. The Labute approximate surface area is 216 Å². The summed E-state index contributed by atoms with van der Waals surface area (Å²) in [5.74, 6) is -3.03. The number of esters is 1. The van der Waals surface area contributed by atoms with E-state index < -0.39 is 36.4 Å². The van der Waals surface area contributed by atoms with Gasteiger partial charge in [-0.15, -0.1) is 0 Å². The largest absolute Gasteiger partial charge is 0.454 e. The van der Waals surface area contributed by atoms with Gasteiger partial charge in [-0.25, -0.2) is 4.79 Å². The van der Waals surface area contributed by atoms with Crippen molar-refractivity contribution in [3.63, 3.8) is 0 Å². The van der Waals surface area contributed by atoms with Gasteiger partial charge in [0.25, 0.3) is 5.91 Å². The highest BCUT2D eigenvalue weighted by molar-refractivity contribution is 9.10. The molecule has 182 valence electrons. The summed E-state index contributed by atoms with van der Waals surface area (Å²) >= 11 is 9.53. The van der Waals surface area contributed by atoms with Crippen LogP contribution >= 0.6 is 27.5 Å². The van der Waals surface area contributed by atoms with Crippen molar-refractivity contribution >= 4 is 56.9 Å². The third kappa shape index (κ3) is 5.33. The molecule has 1 heterocycles. The summed E-state index contributed by atoms with van der Waals surface area (Å²) in [6.45, 7) is 1.19. The molecule has 35 heavy (non-hydrogen) atoms. The van der Waals surface area contributed by atoms with Crippen LogP contribution < -0.4 is 5.32 Å². The van der Waals surface area contributed by atoms with Gasteiger partial charge >= 0.3 is 5.97 Å². The van der Waals surface area contributed by atoms with Crippen molar-refractivity contribution in [2.75, 3.05) is 11.9 Å². The maximum absolute atomic E-state index is 13.2. The van der Waals surface area contributed by atoms with Crippen molar-refractivity contribution in [3.05, 3.63) is 75.2 Å². The van der Waals surface area contributed by atoms with Gasteiger partial charge in [-0.05, 0) is 59.0 Å². The number of imide groups is 1. The summed E-state index contributed by atoms with van der Waals surface area (Å²) in [7, 11) is 0. The predicted molar refractivity (Wildman–Crippen MR) is 135 cm³/mol. The van der Waals surface area contributed by atoms with E-state index in [0.29, 0.717) is 33.6 Å². The summed E-state index contributed by atoms with van der Waals surface area (Å²) in [5, 5.41) is 3.14. The van der Waals surface area contributed by atoms with E-state index in [9.17, 15) is 19.2 Å². The number of carbonyl (C=O) groups excluding carboxylic acids is 4. The molecule has 1 aliphatic carbocycles. The maximum atomic E-state index is 13.2. The van der Waals surface area contributed by atoms with Gasteiger partial charge < -0.3 is 10.1 Å². The molecule has 7 nitrogen and oxygen atoms in total. The average Bonchev–Trinajstić information content (AvgIpc) is 3.12. The number of benzene rings is 2. The highest BCUT2D eigenvalue weighted by Crippen LogP contribution is 2.37. The van der Waals surface area contributed by atoms with Crippen LogP contribution in [-0.4, -0.2) is 41.2 Å². The fourth-order valence-corrected chi connectivity index (χ4v) is 5.05. The molecule has 2 aromatic rings. The highest BCUT2D eigenvalue weighted by Gasteiger charge is 2.51. The van der Waals surface area contributed by atoms with Gasteiger partial charge in [0.1, 0.15) is 6.04 Å². The quantitative estimate of drug-likeness (QED) is 0.307. The highest BCUT2D eigenvalue weighted by atomic mass is 79.9. The molecule has 0 saturated carbocycles. The Morgan fingerprint density at radius 2 is 1.71 bits per heavy atom. The molecule has 2 aromatic carbocycles. The van der Waals surface area contributed by atoms with Crippen LogP contribution in [0.25, 0.3) is 0 Å². The molecule has 0 radical (unpaired) electrons. The lowest BCUT2D eigenvalue weighted by atomic mass is 9.85. The van der Waals surface area contributed by atoms with Gasteiger partial charge in [0.15, 0.2) is 6.61 Å². The number of nitrogens with one attached hydrogen (secondary N) is 1. The second kappa shape index (κ2) is 10.7. The van der Waals surface area contributed by atoms with Crippen molar-refractivity contribution in [1.29, 1.82) is 0 Å². The molecule has 0 bridgehead atoms. The van der Waals surface area contributed by atoms with E-state index in [1.807, 2.05) is 42.5 Å². The number of fused-ring (bicyclic) bond motifs is 1. The van der Waals surface area contributed by atoms with Gasteiger partial charge in [-0.2, -0.15) is 0 Å². The van der Waals surface area contributed by atoms with Gasteiger partial charge in [-0.3, -0.25) is 19.3 Å². The number of anilines is 1. The minimum atomic E-state index is -1.15. The van der Waals surface area contributed by atoms with Crippen LogP contribution in [-0.2, 0) is 30.3 Å². The molecule has 1 saturated heterocycles. The van der Waals surface area contributed by atoms with Crippen molar-refractivity contribution in [2.24, 2.45) is 11.8 Å². The second-order valence-electron chi connectivity index (χ2n) is 8.60. The first kappa shape index (κ1) is 25.1. The monoisotopic (exact) mass is 558 g/mol. The fourth-order valence-electron chi connectivity index (χ4n) is 4.46. The Morgan fingerprint density at radius 1 is 1.09 bits per heavy atom. The van der Waals surface area contributed by atoms with E-state index in [2.05, 4.69) is 21.2 Å². The number of ether oxygens (including phenoxy) is 1.